The summed E-state index contributed by atoms with van der Waals surface area (Å²) in [5.74, 6) is -0.539. The van der Waals surface area contributed by atoms with Crippen LogP contribution in [0.5, 0.6) is 5.75 Å². The van der Waals surface area contributed by atoms with Crippen molar-refractivity contribution in [3.63, 3.8) is 0 Å². The Morgan fingerprint density at radius 3 is 2.50 bits per heavy atom. The molecule has 118 valence electrons. The molecule has 0 radical (unpaired) electrons. The second-order valence-corrected chi connectivity index (χ2v) is 4.99. The average Bonchev–Trinajstić information content (AvgIpc) is 2.52. The fraction of sp³-hybridized carbons (Fsp3) is 0.294. The van der Waals surface area contributed by atoms with Crippen LogP contribution in [0.15, 0.2) is 42.5 Å². The number of hydrogen-bond donors (Lipinski definition) is 2. The first kappa shape index (κ1) is 16.4. The molecule has 0 atom stereocenters. The molecule has 0 fully saturated rings. The molecular weight excluding hydrogens is 286 g/mol. The van der Waals surface area contributed by atoms with Gasteiger partial charge >= 0.3 is 0 Å². The number of hydrogen-bond acceptors (Lipinski definition) is 3. The third-order valence-electron chi connectivity index (χ3n) is 3.22. The summed E-state index contributed by atoms with van der Waals surface area (Å²) in [7, 11) is 0. The van der Waals surface area contributed by atoms with E-state index in [2.05, 4.69) is 5.32 Å². The highest BCUT2D eigenvalue weighted by Gasteiger charge is 2.04. The zero-order valence-electron chi connectivity index (χ0n) is 12.3. The minimum atomic E-state index is -0.597. The third-order valence-corrected chi connectivity index (χ3v) is 3.22. The Bertz CT molecular complexity index is 588. The molecule has 0 aromatic heterocycles. The van der Waals surface area contributed by atoms with Gasteiger partial charge in [0.1, 0.15) is 24.0 Å². The van der Waals surface area contributed by atoms with E-state index in [1.54, 1.807) is 0 Å². The number of nitrogens with two attached hydrogens (primary N) is 1. The summed E-state index contributed by atoms with van der Waals surface area (Å²) in [6.45, 7) is 2.41. The van der Waals surface area contributed by atoms with E-state index in [1.165, 1.54) is 12.1 Å². The van der Waals surface area contributed by atoms with Crippen molar-refractivity contribution in [1.82, 2.24) is 5.32 Å². The lowest BCUT2D eigenvalue weighted by Crippen LogP contribution is -2.17. The number of halogens is 2. The van der Waals surface area contributed by atoms with Gasteiger partial charge in [-0.05, 0) is 49.3 Å². The predicted molar refractivity (Wildman–Crippen MR) is 82.5 cm³/mol. The van der Waals surface area contributed by atoms with E-state index in [4.69, 9.17) is 10.5 Å². The molecule has 3 nitrogen and oxygen atoms in total. The van der Waals surface area contributed by atoms with Gasteiger partial charge in [0.25, 0.3) is 0 Å². The molecule has 0 spiro atoms. The Morgan fingerprint density at radius 2 is 1.82 bits per heavy atom. The fourth-order valence-corrected chi connectivity index (χ4v) is 1.96. The van der Waals surface area contributed by atoms with Crippen LogP contribution in [0.2, 0.25) is 0 Å². The van der Waals surface area contributed by atoms with Gasteiger partial charge in [0.2, 0.25) is 0 Å². The minimum absolute atomic E-state index is 0.0697. The van der Waals surface area contributed by atoms with Crippen molar-refractivity contribution in [3.05, 3.63) is 65.2 Å². The molecule has 0 saturated carbocycles. The number of nitrogens with one attached hydrogen (secondary N) is 1. The fourth-order valence-electron chi connectivity index (χ4n) is 1.96. The van der Waals surface area contributed by atoms with Crippen LogP contribution in [0.25, 0.3) is 0 Å². The summed E-state index contributed by atoms with van der Waals surface area (Å²) in [5, 5.41) is 3.29. The van der Waals surface area contributed by atoms with Crippen molar-refractivity contribution in [3.8, 4) is 5.75 Å². The molecule has 3 N–H and O–H groups in total. The second-order valence-electron chi connectivity index (χ2n) is 4.99. The normalized spacial score (nSPS) is 10.7. The summed E-state index contributed by atoms with van der Waals surface area (Å²) >= 11 is 0. The van der Waals surface area contributed by atoms with Crippen LogP contribution < -0.4 is 15.8 Å². The van der Waals surface area contributed by atoms with Crippen LogP contribution in [-0.2, 0) is 13.2 Å². The molecule has 0 saturated heterocycles. The van der Waals surface area contributed by atoms with Crippen molar-refractivity contribution in [2.45, 2.75) is 19.6 Å². The Hall–Kier alpha value is -1.98. The van der Waals surface area contributed by atoms with Crippen LogP contribution in [0.3, 0.4) is 0 Å². The Labute approximate surface area is 129 Å². The molecule has 0 bridgehead atoms. The quantitative estimate of drug-likeness (QED) is 0.737. The van der Waals surface area contributed by atoms with Crippen LogP contribution in [0, 0.1) is 11.6 Å². The zero-order chi connectivity index (χ0) is 15.8. The topological polar surface area (TPSA) is 47.3 Å². The SMILES string of the molecule is NCCCNCc1ccc(OCc2ccc(F)cc2F)cc1. The third kappa shape index (κ3) is 5.09. The monoisotopic (exact) mass is 306 g/mol. The molecule has 0 amide bonds. The molecule has 2 aromatic rings. The van der Waals surface area contributed by atoms with E-state index < -0.39 is 11.6 Å². The number of benzene rings is 2. The van der Waals surface area contributed by atoms with Crippen molar-refractivity contribution >= 4 is 0 Å². The summed E-state index contributed by atoms with van der Waals surface area (Å²) in [6.07, 6.45) is 0.949. The molecule has 0 aliphatic carbocycles. The van der Waals surface area contributed by atoms with Crippen LogP contribution in [0.4, 0.5) is 8.78 Å². The van der Waals surface area contributed by atoms with Crippen molar-refractivity contribution in [1.29, 1.82) is 0 Å². The van der Waals surface area contributed by atoms with Crippen LogP contribution in [0.1, 0.15) is 17.5 Å². The van der Waals surface area contributed by atoms with E-state index >= 15 is 0 Å². The lowest BCUT2D eigenvalue weighted by Gasteiger charge is -2.09. The zero-order valence-corrected chi connectivity index (χ0v) is 12.3. The van der Waals surface area contributed by atoms with E-state index in [0.717, 1.165) is 31.1 Å². The van der Waals surface area contributed by atoms with Crippen molar-refractivity contribution in [2.75, 3.05) is 13.1 Å². The van der Waals surface area contributed by atoms with Gasteiger partial charge in [0, 0.05) is 18.2 Å². The maximum absolute atomic E-state index is 13.5. The molecule has 0 aliphatic heterocycles. The summed E-state index contributed by atoms with van der Waals surface area (Å²) < 4.78 is 31.8. The average molecular weight is 306 g/mol. The largest absolute Gasteiger partial charge is 0.489 e. The Balaban J connectivity index is 1.83. The molecular formula is C17H20F2N2O. The van der Waals surface area contributed by atoms with Gasteiger partial charge < -0.3 is 15.8 Å². The maximum Gasteiger partial charge on any atom is 0.132 e. The standard InChI is InChI=1S/C17H20F2N2O/c18-15-5-4-14(17(19)10-15)12-22-16-6-2-13(3-7-16)11-21-9-1-8-20/h2-7,10,21H,1,8-9,11-12,20H2. The second kappa shape index (κ2) is 8.46. The van der Waals surface area contributed by atoms with E-state index in [1.807, 2.05) is 24.3 Å². The van der Waals surface area contributed by atoms with E-state index in [-0.39, 0.29) is 6.61 Å². The highest BCUT2D eigenvalue weighted by molar-refractivity contribution is 5.28. The first-order valence-corrected chi connectivity index (χ1v) is 7.25. The summed E-state index contributed by atoms with van der Waals surface area (Å²) in [4.78, 5) is 0. The lowest BCUT2D eigenvalue weighted by molar-refractivity contribution is 0.299. The number of rotatable bonds is 8. The summed E-state index contributed by atoms with van der Waals surface area (Å²) in [5.41, 5.74) is 6.89. The van der Waals surface area contributed by atoms with Crippen molar-refractivity contribution in [2.24, 2.45) is 5.73 Å². The van der Waals surface area contributed by atoms with Gasteiger partial charge in [-0.25, -0.2) is 8.78 Å². The Kier molecular flexibility index (Phi) is 6.30. The maximum atomic E-state index is 13.5. The van der Waals surface area contributed by atoms with Gasteiger partial charge in [-0.2, -0.15) is 0 Å². The van der Waals surface area contributed by atoms with Gasteiger partial charge in [-0.3, -0.25) is 0 Å². The first-order valence-electron chi connectivity index (χ1n) is 7.25. The summed E-state index contributed by atoms with van der Waals surface area (Å²) in [6, 6.07) is 11.0. The Morgan fingerprint density at radius 1 is 1.05 bits per heavy atom. The predicted octanol–water partition coefficient (Wildman–Crippen LogP) is 2.98. The number of ether oxygens (including phenoxy) is 1. The molecule has 5 heteroatoms. The van der Waals surface area contributed by atoms with Crippen molar-refractivity contribution < 1.29 is 13.5 Å². The highest BCUT2D eigenvalue weighted by atomic mass is 19.1. The molecule has 22 heavy (non-hydrogen) atoms. The first-order chi connectivity index (χ1) is 10.7. The van der Waals surface area contributed by atoms with Gasteiger partial charge in [-0.1, -0.05) is 12.1 Å². The molecule has 2 aromatic carbocycles. The van der Waals surface area contributed by atoms with Gasteiger partial charge in [0.15, 0.2) is 0 Å². The molecule has 0 unspecified atom stereocenters. The van der Waals surface area contributed by atoms with Crippen LogP contribution >= 0.6 is 0 Å². The van der Waals surface area contributed by atoms with Gasteiger partial charge in [0.05, 0.1) is 0 Å². The van der Waals surface area contributed by atoms with Crippen LogP contribution in [-0.4, -0.2) is 13.1 Å². The molecule has 0 aliphatic rings. The minimum Gasteiger partial charge on any atom is -0.489 e. The highest BCUT2D eigenvalue weighted by Crippen LogP contribution is 2.16. The van der Waals surface area contributed by atoms with Gasteiger partial charge in [-0.15, -0.1) is 0 Å². The lowest BCUT2D eigenvalue weighted by atomic mass is 10.2. The van der Waals surface area contributed by atoms with E-state index in [0.29, 0.717) is 17.9 Å². The molecule has 0 heterocycles. The molecule has 2 rings (SSSR count). The smallest absolute Gasteiger partial charge is 0.132 e. The van der Waals surface area contributed by atoms with E-state index in [9.17, 15) is 8.78 Å².